The molecule has 2 amide bonds. The first-order chi connectivity index (χ1) is 19.0. The fourth-order valence-corrected chi connectivity index (χ4v) is 7.28. The maximum absolute atomic E-state index is 14.0. The molecule has 6 rings (SSSR count). The molecule has 2 aromatic carbocycles. The van der Waals surface area contributed by atoms with Gasteiger partial charge in [-0.2, -0.15) is 35.1 Å². The fraction of sp³-hybridized carbons (Fsp3) is 0.360. The number of alkyl halides is 6. The highest BCUT2D eigenvalue weighted by molar-refractivity contribution is 6.37. The topological polar surface area (TPSA) is 72.9 Å². The van der Waals surface area contributed by atoms with Crippen LogP contribution in [0, 0.1) is 11.8 Å². The van der Waals surface area contributed by atoms with E-state index in [9.17, 15) is 49.8 Å². The smallest absolute Gasteiger partial charge is 0.371 e. The first-order valence-electron chi connectivity index (χ1n) is 11.9. The molecule has 2 N–H and O–H groups in total. The van der Waals surface area contributed by atoms with E-state index < -0.39 is 95.2 Å². The lowest BCUT2D eigenvalue weighted by molar-refractivity contribution is -0.143. The highest BCUT2D eigenvalue weighted by Gasteiger charge is 2.75. The molecule has 3 fully saturated rings. The highest BCUT2D eigenvalue weighted by atomic mass is 35.5. The second kappa shape index (κ2) is 8.79. The number of hydrogen-bond donors (Lipinski definition) is 2. The molecule has 4 aliphatic rings. The van der Waals surface area contributed by atoms with Crippen LogP contribution in [0.25, 0.3) is 0 Å². The summed E-state index contributed by atoms with van der Waals surface area (Å²) in [5, 5.41) is 14.1. The van der Waals surface area contributed by atoms with Crippen LogP contribution in [0.4, 0.5) is 46.5 Å². The van der Waals surface area contributed by atoms with Crippen LogP contribution in [-0.2, 0) is 27.5 Å². The van der Waals surface area contributed by atoms with E-state index >= 15 is 0 Å². The Balaban J connectivity index is 1.57. The number of carbonyl (C=O) groups is 2. The van der Waals surface area contributed by atoms with E-state index in [0.29, 0.717) is 0 Å². The molecule has 218 valence electrons. The standard InChI is InChI=1S/C25H15Cl2F8N3O3/c26-11-5-13-18(14(27)6-11)36-22(41)23(13)17-16(15-1-8(19(28)29)7-37(15)23)20(39)38(21(17)40)12-3-9(24(30,31)32)2-10(4-12)25(33,34)35/h2-6,15-17,22,36,41H,1,7H2. The minimum atomic E-state index is -5.27. The van der Waals surface area contributed by atoms with E-state index in [2.05, 4.69) is 5.32 Å². The van der Waals surface area contributed by atoms with E-state index in [1.54, 1.807) is 0 Å². The molecule has 2 aromatic rings. The zero-order chi connectivity index (χ0) is 30.0. The second-order valence-electron chi connectivity index (χ2n) is 10.2. The Bertz CT molecular complexity index is 1530. The van der Waals surface area contributed by atoms with Crippen molar-refractivity contribution in [3.63, 3.8) is 0 Å². The van der Waals surface area contributed by atoms with E-state index in [1.807, 2.05) is 0 Å². The van der Waals surface area contributed by atoms with Gasteiger partial charge in [-0.05, 0) is 36.8 Å². The lowest BCUT2D eigenvalue weighted by Gasteiger charge is -2.41. The number of nitrogens with one attached hydrogen (secondary N) is 1. The number of aliphatic hydroxyl groups is 1. The summed E-state index contributed by atoms with van der Waals surface area (Å²) in [6.07, 6.45) is -14.8. The van der Waals surface area contributed by atoms with Crippen molar-refractivity contribution in [1.29, 1.82) is 0 Å². The second-order valence-corrected chi connectivity index (χ2v) is 11.1. The summed E-state index contributed by atoms with van der Waals surface area (Å²) < 4.78 is 109. The summed E-state index contributed by atoms with van der Waals surface area (Å²) in [6.45, 7) is -0.481. The summed E-state index contributed by atoms with van der Waals surface area (Å²) in [4.78, 5) is 29.3. The summed E-state index contributed by atoms with van der Waals surface area (Å²) in [6, 6.07) is 1.78. The van der Waals surface area contributed by atoms with E-state index in [4.69, 9.17) is 23.2 Å². The molecule has 0 radical (unpaired) electrons. The number of rotatable bonds is 1. The molecule has 1 spiro atoms. The van der Waals surface area contributed by atoms with Crippen LogP contribution in [-0.4, -0.2) is 40.6 Å². The van der Waals surface area contributed by atoms with Crippen molar-refractivity contribution in [2.45, 2.75) is 36.6 Å². The monoisotopic (exact) mass is 627 g/mol. The Morgan fingerprint density at radius 3 is 2.12 bits per heavy atom. The van der Waals surface area contributed by atoms with Crippen molar-refractivity contribution in [2.75, 3.05) is 16.8 Å². The number of aliphatic hydroxyl groups excluding tert-OH is 1. The van der Waals surface area contributed by atoms with Crippen LogP contribution in [0.1, 0.15) is 23.1 Å². The van der Waals surface area contributed by atoms with Gasteiger partial charge in [-0.25, -0.2) is 4.90 Å². The lowest BCUT2D eigenvalue weighted by Crippen LogP contribution is -2.56. The number of benzene rings is 2. The summed E-state index contributed by atoms with van der Waals surface area (Å²) in [5.74, 6) is -5.51. The van der Waals surface area contributed by atoms with Crippen LogP contribution >= 0.6 is 23.2 Å². The molecule has 4 aliphatic heterocycles. The third-order valence-electron chi connectivity index (χ3n) is 8.21. The number of halogens is 10. The summed E-state index contributed by atoms with van der Waals surface area (Å²) in [7, 11) is 0. The van der Waals surface area contributed by atoms with Crippen LogP contribution < -0.4 is 10.2 Å². The van der Waals surface area contributed by atoms with E-state index in [-0.39, 0.29) is 44.4 Å². The molecule has 0 bridgehead atoms. The molecule has 5 unspecified atom stereocenters. The van der Waals surface area contributed by atoms with Gasteiger partial charge in [0.05, 0.1) is 39.4 Å². The molecule has 41 heavy (non-hydrogen) atoms. The number of imide groups is 1. The number of carbonyl (C=O) groups excluding carboxylic acids is 2. The van der Waals surface area contributed by atoms with Gasteiger partial charge in [-0.1, -0.05) is 23.2 Å². The Labute approximate surface area is 235 Å². The summed E-state index contributed by atoms with van der Waals surface area (Å²) >= 11 is 12.5. The number of amides is 2. The molecule has 3 saturated heterocycles. The van der Waals surface area contributed by atoms with Gasteiger partial charge >= 0.3 is 12.4 Å². The molecule has 0 saturated carbocycles. The predicted molar refractivity (Wildman–Crippen MR) is 128 cm³/mol. The van der Waals surface area contributed by atoms with Gasteiger partial charge in [0.1, 0.15) is 11.8 Å². The van der Waals surface area contributed by atoms with Crippen molar-refractivity contribution >= 4 is 46.4 Å². The maximum atomic E-state index is 14.0. The number of nitrogens with zero attached hydrogens (tertiary/aromatic N) is 2. The highest BCUT2D eigenvalue weighted by Crippen LogP contribution is 2.63. The van der Waals surface area contributed by atoms with Crippen molar-refractivity contribution in [3.8, 4) is 0 Å². The first kappa shape index (κ1) is 28.2. The summed E-state index contributed by atoms with van der Waals surface area (Å²) in [5.41, 5.74) is -6.72. The Hall–Kier alpha value is -2.94. The largest absolute Gasteiger partial charge is 0.416 e. The maximum Gasteiger partial charge on any atom is 0.416 e. The first-order valence-corrected chi connectivity index (χ1v) is 12.6. The van der Waals surface area contributed by atoms with Gasteiger partial charge in [0, 0.05) is 28.7 Å². The molecular weight excluding hydrogens is 613 g/mol. The normalized spacial score (nSPS) is 29.3. The van der Waals surface area contributed by atoms with Crippen LogP contribution in [0.15, 0.2) is 42.0 Å². The van der Waals surface area contributed by atoms with Crippen molar-refractivity contribution in [2.24, 2.45) is 11.8 Å². The SMILES string of the molecule is O=C1C2C3CC(=C(F)F)CN3C3(c4cc(Cl)cc(Cl)c4NC3O)C2C(=O)N1c1cc(C(F)(F)F)cc(C(F)(F)F)c1. The average molecular weight is 628 g/mol. The fourth-order valence-electron chi connectivity index (χ4n) is 6.73. The minimum Gasteiger partial charge on any atom is -0.371 e. The van der Waals surface area contributed by atoms with Gasteiger partial charge in [-0.15, -0.1) is 0 Å². The van der Waals surface area contributed by atoms with Crippen molar-refractivity contribution < 1.29 is 49.8 Å². The van der Waals surface area contributed by atoms with Gasteiger partial charge in [0.25, 0.3) is 6.08 Å². The zero-order valence-electron chi connectivity index (χ0n) is 20.0. The molecular formula is C25H15Cl2F8N3O3. The van der Waals surface area contributed by atoms with Crippen molar-refractivity contribution in [3.05, 3.63) is 68.7 Å². The quantitative estimate of drug-likeness (QED) is 0.299. The number of hydrogen-bond acceptors (Lipinski definition) is 5. The Morgan fingerprint density at radius 2 is 1.56 bits per heavy atom. The third kappa shape index (κ3) is 3.83. The molecule has 0 aromatic heterocycles. The molecule has 4 heterocycles. The Kier molecular flexibility index (Phi) is 6.04. The van der Waals surface area contributed by atoms with Crippen LogP contribution in [0.3, 0.4) is 0 Å². The predicted octanol–water partition coefficient (Wildman–Crippen LogP) is 6.01. The van der Waals surface area contributed by atoms with Gasteiger partial charge in [0.2, 0.25) is 11.8 Å². The molecule has 6 nitrogen and oxygen atoms in total. The van der Waals surface area contributed by atoms with Gasteiger partial charge < -0.3 is 10.4 Å². The van der Waals surface area contributed by atoms with Crippen molar-refractivity contribution in [1.82, 2.24) is 4.90 Å². The lowest BCUT2D eigenvalue weighted by atomic mass is 9.74. The minimum absolute atomic E-state index is 0.0172. The third-order valence-corrected chi connectivity index (χ3v) is 8.73. The van der Waals surface area contributed by atoms with Gasteiger partial charge in [0.15, 0.2) is 0 Å². The van der Waals surface area contributed by atoms with Crippen LogP contribution in [0.5, 0.6) is 0 Å². The van der Waals surface area contributed by atoms with E-state index in [0.717, 1.165) is 0 Å². The van der Waals surface area contributed by atoms with Crippen LogP contribution in [0.2, 0.25) is 10.0 Å². The Morgan fingerprint density at radius 1 is 0.951 bits per heavy atom. The number of anilines is 2. The van der Waals surface area contributed by atoms with E-state index in [1.165, 1.54) is 17.0 Å². The molecule has 0 aliphatic carbocycles. The zero-order valence-corrected chi connectivity index (χ0v) is 21.6. The molecule has 5 atom stereocenters. The number of fused-ring (bicyclic) bond motifs is 7. The van der Waals surface area contributed by atoms with Gasteiger partial charge in [-0.3, -0.25) is 14.5 Å². The average Bonchev–Trinajstić information content (AvgIpc) is 3.54. The molecule has 16 heteroatoms.